The maximum Gasteiger partial charge on any atom is 0.00695 e. The van der Waals surface area contributed by atoms with E-state index in [0.29, 0.717) is 0 Å². The summed E-state index contributed by atoms with van der Waals surface area (Å²) in [6.45, 7) is 2.39. The first-order chi connectivity index (χ1) is 6.84. The topological polar surface area (TPSA) is 12.0 Å². The third kappa shape index (κ3) is 2.98. The van der Waals surface area contributed by atoms with E-state index in [-0.39, 0.29) is 0 Å². The molecule has 1 nitrogen and oxygen atoms in total. The molecule has 2 aliphatic carbocycles. The van der Waals surface area contributed by atoms with Crippen LogP contribution >= 0.6 is 0 Å². The van der Waals surface area contributed by atoms with Gasteiger partial charge in [-0.3, -0.25) is 0 Å². The van der Waals surface area contributed by atoms with Crippen molar-refractivity contribution < 1.29 is 0 Å². The molecule has 82 valence electrons. The molecule has 1 atom stereocenters. The molecule has 2 rings (SSSR count). The first-order valence-corrected chi connectivity index (χ1v) is 6.60. The van der Waals surface area contributed by atoms with Gasteiger partial charge in [0.05, 0.1) is 0 Å². The van der Waals surface area contributed by atoms with Gasteiger partial charge in [0.1, 0.15) is 0 Å². The summed E-state index contributed by atoms with van der Waals surface area (Å²) >= 11 is 0. The summed E-state index contributed by atoms with van der Waals surface area (Å²) in [6.07, 6.45) is 13.1. The lowest BCUT2D eigenvalue weighted by Gasteiger charge is -2.21. The summed E-state index contributed by atoms with van der Waals surface area (Å²) in [4.78, 5) is 0. The summed E-state index contributed by atoms with van der Waals surface area (Å²) < 4.78 is 0. The second kappa shape index (κ2) is 5.16. The number of hydrogen-bond acceptors (Lipinski definition) is 1. The minimum atomic E-state index is 0.765. The van der Waals surface area contributed by atoms with Crippen LogP contribution in [0.2, 0.25) is 0 Å². The molecular formula is C13H25N. The Morgan fingerprint density at radius 2 is 1.57 bits per heavy atom. The van der Waals surface area contributed by atoms with Crippen LogP contribution < -0.4 is 5.32 Å². The van der Waals surface area contributed by atoms with Crippen LogP contribution in [0.3, 0.4) is 0 Å². The molecule has 2 aliphatic rings. The summed E-state index contributed by atoms with van der Waals surface area (Å²) in [5.74, 6) is 1.04. The van der Waals surface area contributed by atoms with Gasteiger partial charge in [-0.25, -0.2) is 0 Å². The third-order valence-corrected chi connectivity index (χ3v) is 4.04. The Morgan fingerprint density at radius 3 is 2.21 bits per heavy atom. The molecule has 0 spiro atoms. The molecule has 1 heteroatoms. The van der Waals surface area contributed by atoms with Gasteiger partial charge in [0, 0.05) is 12.1 Å². The van der Waals surface area contributed by atoms with Gasteiger partial charge in [-0.05, 0) is 32.1 Å². The van der Waals surface area contributed by atoms with Crippen molar-refractivity contribution in [1.82, 2.24) is 5.32 Å². The van der Waals surface area contributed by atoms with Gasteiger partial charge in [-0.1, -0.05) is 38.5 Å². The van der Waals surface area contributed by atoms with Gasteiger partial charge in [-0.15, -0.1) is 0 Å². The van der Waals surface area contributed by atoms with Crippen LogP contribution in [0.25, 0.3) is 0 Å². The molecule has 0 aromatic carbocycles. The average molecular weight is 195 g/mol. The normalized spacial score (nSPS) is 27.2. The smallest absolute Gasteiger partial charge is 0.00695 e. The van der Waals surface area contributed by atoms with E-state index in [0.717, 1.165) is 18.0 Å². The molecule has 0 saturated heterocycles. The van der Waals surface area contributed by atoms with Crippen molar-refractivity contribution in [3.63, 3.8) is 0 Å². The minimum absolute atomic E-state index is 0.765. The standard InChI is InChI=1S/C13H25N/c1-11(10-12-6-2-3-7-12)14-13-8-4-5-9-13/h11-14H,2-10H2,1H3. The fraction of sp³-hybridized carbons (Fsp3) is 1.00. The van der Waals surface area contributed by atoms with Crippen LogP contribution in [-0.2, 0) is 0 Å². The van der Waals surface area contributed by atoms with E-state index in [1.807, 2.05) is 0 Å². The molecule has 0 heterocycles. The summed E-state index contributed by atoms with van der Waals surface area (Å²) in [5.41, 5.74) is 0. The fourth-order valence-corrected chi connectivity index (χ4v) is 3.31. The van der Waals surface area contributed by atoms with Crippen LogP contribution in [0.15, 0.2) is 0 Å². The Kier molecular flexibility index (Phi) is 3.86. The predicted molar refractivity (Wildman–Crippen MR) is 61.4 cm³/mol. The van der Waals surface area contributed by atoms with Crippen LogP contribution in [-0.4, -0.2) is 12.1 Å². The highest BCUT2D eigenvalue weighted by atomic mass is 14.9. The molecule has 0 radical (unpaired) electrons. The molecule has 14 heavy (non-hydrogen) atoms. The van der Waals surface area contributed by atoms with Crippen molar-refractivity contribution >= 4 is 0 Å². The Bertz CT molecular complexity index is 137. The highest BCUT2D eigenvalue weighted by molar-refractivity contribution is 4.79. The summed E-state index contributed by atoms with van der Waals surface area (Å²) in [5, 5.41) is 3.81. The largest absolute Gasteiger partial charge is 0.311 e. The van der Waals surface area contributed by atoms with Gasteiger partial charge in [0.15, 0.2) is 0 Å². The molecule has 0 aromatic heterocycles. The molecule has 0 amide bonds. The van der Waals surface area contributed by atoms with Crippen LogP contribution in [0, 0.1) is 5.92 Å². The van der Waals surface area contributed by atoms with E-state index >= 15 is 0 Å². The van der Waals surface area contributed by atoms with Gasteiger partial charge in [0.2, 0.25) is 0 Å². The van der Waals surface area contributed by atoms with Gasteiger partial charge in [-0.2, -0.15) is 0 Å². The lowest BCUT2D eigenvalue weighted by molar-refractivity contribution is 0.368. The number of nitrogens with one attached hydrogen (secondary N) is 1. The maximum atomic E-state index is 3.81. The zero-order chi connectivity index (χ0) is 9.80. The van der Waals surface area contributed by atoms with Crippen molar-refractivity contribution in [2.45, 2.75) is 76.8 Å². The third-order valence-electron chi connectivity index (χ3n) is 4.04. The van der Waals surface area contributed by atoms with E-state index in [1.165, 1.54) is 57.8 Å². The van der Waals surface area contributed by atoms with Gasteiger partial charge >= 0.3 is 0 Å². The average Bonchev–Trinajstić information content (AvgIpc) is 2.76. The molecular weight excluding hydrogens is 170 g/mol. The van der Waals surface area contributed by atoms with E-state index < -0.39 is 0 Å². The van der Waals surface area contributed by atoms with E-state index in [9.17, 15) is 0 Å². The Hall–Kier alpha value is -0.0400. The SMILES string of the molecule is CC(CC1CCCC1)NC1CCCC1. The Balaban J connectivity index is 1.64. The van der Waals surface area contributed by atoms with Crippen LogP contribution in [0.5, 0.6) is 0 Å². The maximum absolute atomic E-state index is 3.81. The van der Waals surface area contributed by atoms with Crippen molar-refractivity contribution in [2.75, 3.05) is 0 Å². The highest BCUT2D eigenvalue weighted by Crippen LogP contribution is 2.29. The number of hydrogen-bond donors (Lipinski definition) is 1. The summed E-state index contributed by atoms with van der Waals surface area (Å²) in [6, 6.07) is 1.62. The summed E-state index contributed by atoms with van der Waals surface area (Å²) in [7, 11) is 0. The van der Waals surface area contributed by atoms with E-state index in [1.54, 1.807) is 0 Å². The first kappa shape index (κ1) is 10.5. The predicted octanol–water partition coefficient (Wildman–Crippen LogP) is 3.49. The van der Waals surface area contributed by atoms with Crippen LogP contribution in [0.4, 0.5) is 0 Å². The molecule has 2 fully saturated rings. The molecule has 1 N–H and O–H groups in total. The molecule has 0 aliphatic heterocycles. The zero-order valence-electron chi connectivity index (χ0n) is 9.60. The van der Waals surface area contributed by atoms with Crippen LogP contribution in [0.1, 0.15) is 64.7 Å². The van der Waals surface area contributed by atoms with Crippen molar-refractivity contribution in [3.05, 3.63) is 0 Å². The lowest BCUT2D eigenvalue weighted by atomic mass is 9.99. The Morgan fingerprint density at radius 1 is 1.00 bits per heavy atom. The molecule has 2 saturated carbocycles. The zero-order valence-corrected chi connectivity index (χ0v) is 9.60. The molecule has 1 unspecified atom stereocenters. The van der Waals surface area contributed by atoms with E-state index in [4.69, 9.17) is 0 Å². The van der Waals surface area contributed by atoms with Gasteiger partial charge < -0.3 is 5.32 Å². The first-order valence-electron chi connectivity index (χ1n) is 6.60. The van der Waals surface area contributed by atoms with Crippen molar-refractivity contribution in [1.29, 1.82) is 0 Å². The van der Waals surface area contributed by atoms with E-state index in [2.05, 4.69) is 12.2 Å². The molecule has 0 aromatic rings. The monoisotopic (exact) mass is 195 g/mol. The van der Waals surface area contributed by atoms with Crippen molar-refractivity contribution in [2.24, 2.45) is 5.92 Å². The second-order valence-corrected chi connectivity index (χ2v) is 5.44. The van der Waals surface area contributed by atoms with Crippen molar-refractivity contribution in [3.8, 4) is 0 Å². The second-order valence-electron chi connectivity index (χ2n) is 5.44. The Labute approximate surface area is 88.7 Å². The van der Waals surface area contributed by atoms with Gasteiger partial charge in [0.25, 0.3) is 0 Å². The lowest BCUT2D eigenvalue weighted by Crippen LogP contribution is -2.35. The number of rotatable bonds is 4. The molecule has 0 bridgehead atoms. The fourth-order valence-electron chi connectivity index (χ4n) is 3.31. The minimum Gasteiger partial charge on any atom is -0.311 e. The highest BCUT2D eigenvalue weighted by Gasteiger charge is 2.21. The quantitative estimate of drug-likeness (QED) is 0.724.